The number of hydrogen-bond acceptors (Lipinski definition) is 3. The zero-order chi connectivity index (χ0) is 18.4. The predicted octanol–water partition coefficient (Wildman–Crippen LogP) is 3.40. The van der Waals surface area contributed by atoms with Gasteiger partial charge in [0.25, 0.3) is 0 Å². The van der Waals surface area contributed by atoms with Crippen molar-refractivity contribution in [1.29, 1.82) is 0 Å². The summed E-state index contributed by atoms with van der Waals surface area (Å²) in [6, 6.07) is 10.6. The number of aromatic nitrogens is 2. The maximum absolute atomic E-state index is 12.2. The van der Waals surface area contributed by atoms with Crippen LogP contribution in [0.3, 0.4) is 0 Å². The third kappa shape index (κ3) is 5.34. The number of nitrogens with zero attached hydrogens (tertiary/aromatic N) is 3. The minimum absolute atomic E-state index is 0.0627. The monoisotopic (exact) mass is 342 g/mol. The molecule has 25 heavy (non-hydrogen) atoms. The van der Waals surface area contributed by atoms with E-state index in [1.165, 1.54) is 11.3 Å². The summed E-state index contributed by atoms with van der Waals surface area (Å²) in [6.07, 6.45) is 0.443. The Labute approximate surface area is 151 Å². The third-order valence-electron chi connectivity index (χ3n) is 4.40. The number of carbonyl (C=O) groups is 1. The van der Waals surface area contributed by atoms with Gasteiger partial charge in [0, 0.05) is 37.4 Å². The minimum Gasteiger partial charge on any atom is -0.370 e. The molecule has 2 rings (SSSR count). The second kappa shape index (κ2) is 8.70. The predicted molar refractivity (Wildman–Crippen MR) is 103 cm³/mol. The van der Waals surface area contributed by atoms with Crippen LogP contribution in [0, 0.1) is 20.8 Å². The number of likely N-dealkylation sites (N-methyl/N-ethyl adjacent to an activating group) is 1. The van der Waals surface area contributed by atoms with Crippen molar-refractivity contribution in [2.45, 2.75) is 47.1 Å². The van der Waals surface area contributed by atoms with Gasteiger partial charge in [-0.15, -0.1) is 0 Å². The standard InChI is InChI=1S/C20H30N4O/c1-6-23(19-9-7-8-15(2)12-19)11-10-21-20(25)14-18(5)24-17(4)13-16(3)22-24/h7-9,12-13,18H,6,10-11,14H2,1-5H3,(H,21,25)/t18-/m1/s1. The normalized spacial score (nSPS) is 12.0. The van der Waals surface area contributed by atoms with Gasteiger partial charge in [0.2, 0.25) is 5.91 Å². The molecule has 0 aliphatic rings. The van der Waals surface area contributed by atoms with Gasteiger partial charge in [0.05, 0.1) is 11.7 Å². The van der Waals surface area contributed by atoms with Crippen LogP contribution in [0.5, 0.6) is 0 Å². The number of hydrogen-bond donors (Lipinski definition) is 1. The molecule has 0 saturated heterocycles. The van der Waals surface area contributed by atoms with E-state index in [4.69, 9.17) is 0 Å². The zero-order valence-electron chi connectivity index (χ0n) is 16.0. The van der Waals surface area contributed by atoms with Crippen LogP contribution < -0.4 is 10.2 Å². The Kier molecular flexibility index (Phi) is 6.62. The van der Waals surface area contributed by atoms with Gasteiger partial charge in [-0.3, -0.25) is 9.48 Å². The highest BCUT2D eigenvalue weighted by molar-refractivity contribution is 5.76. The number of anilines is 1. The van der Waals surface area contributed by atoms with Crippen molar-refractivity contribution in [1.82, 2.24) is 15.1 Å². The second-order valence-electron chi connectivity index (χ2n) is 6.69. The number of benzene rings is 1. The van der Waals surface area contributed by atoms with Gasteiger partial charge in [0.15, 0.2) is 0 Å². The summed E-state index contributed by atoms with van der Waals surface area (Å²) in [6.45, 7) is 12.6. The largest absolute Gasteiger partial charge is 0.370 e. The van der Waals surface area contributed by atoms with Crippen LogP contribution >= 0.6 is 0 Å². The molecule has 5 nitrogen and oxygen atoms in total. The molecule has 0 aliphatic heterocycles. The smallest absolute Gasteiger partial charge is 0.222 e. The summed E-state index contributed by atoms with van der Waals surface area (Å²) in [5.74, 6) is 0.0698. The van der Waals surface area contributed by atoms with E-state index >= 15 is 0 Å². The Bertz CT molecular complexity index is 707. The second-order valence-corrected chi connectivity index (χ2v) is 6.69. The van der Waals surface area contributed by atoms with Gasteiger partial charge < -0.3 is 10.2 Å². The van der Waals surface area contributed by atoms with Gasteiger partial charge in [0.1, 0.15) is 0 Å². The third-order valence-corrected chi connectivity index (χ3v) is 4.40. The molecular weight excluding hydrogens is 312 g/mol. The van der Waals surface area contributed by atoms with Crippen molar-refractivity contribution in [2.24, 2.45) is 0 Å². The first-order valence-electron chi connectivity index (χ1n) is 9.01. The molecule has 0 aliphatic carbocycles. The van der Waals surface area contributed by atoms with Crippen molar-refractivity contribution in [3.63, 3.8) is 0 Å². The van der Waals surface area contributed by atoms with E-state index in [2.05, 4.69) is 53.4 Å². The molecule has 2 aromatic rings. The Balaban J connectivity index is 1.82. The number of aryl methyl sites for hydroxylation is 3. The number of carbonyl (C=O) groups excluding carboxylic acids is 1. The van der Waals surface area contributed by atoms with Crippen molar-refractivity contribution >= 4 is 11.6 Å². The first-order valence-corrected chi connectivity index (χ1v) is 9.01. The van der Waals surface area contributed by atoms with E-state index in [9.17, 15) is 4.79 Å². The average molecular weight is 342 g/mol. The molecule has 1 aromatic carbocycles. The topological polar surface area (TPSA) is 50.2 Å². The Hall–Kier alpha value is -2.30. The van der Waals surface area contributed by atoms with E-state index < -0.39 is 0 Å². The molecular formula is C20H30N4O. The maximum Gasteiger partial charge on any atom is 0.222 e. The van der Waals surface area contributed by atoms with E-state index in [1.807, 2.05) is 31.5 Å². The highest BCUT2D eigenvalue weighted by atomic mass is 16.1. The first kappa shape index (κ1) is 19.0. The minimum atomic E-state index is 0.0627. The summed E-state index contributed by atoms with van der Waals surface area (Å²) >= 11 is 0. The first-order chi connectivity index (χ1) is 11.9. The Morgan fingerprint density at radius 1 is 1.28 bits per heavy atom. The van der Waals surface area contributed by atoms with Crippen LogP contribution in [0.25, 0.3) is 0 Å². The lowest BCUT2D eigenvalue weighted by molar-refractivity contribution is -0.121. The van der Waals surface area contributed by atoms with Gasteiger partial charge in [-0.1, -0.05) is 12.1 Å². The number of rotatable bonds is 8. The summed E-state index contributed by atoms with van der Waals surface area (Å²) in [5, 5.41) is 7.50. The van der Waals surface area contributed by atoms with Gasteiger partial charge >= 0.3 is 0 Å². The Morgan fingerprint density at radius 3 is 2.64 bits per heavy atom. The lowest BCUT2D eigenvalue weighted by atomic mass is 10.2. The number of amides is 1. The molecule has 1 aromatic heterocycles. The van der Waals surface area contributed by atoms with E-state index in [0.29, 0.717) is 13.0 Å². The SMILES string of the molecule is CCN(CCNC(=O)C[C@@H](C)n1nc(C)cc1C)c1cccc(C)c1. The fourth-order valence-electron chi connectivity index (χ4n) is 3.14. The molecule has 1 heterocycles. The maximum atomic E-state index is 12.2. The molecule has 1 amide bonds. The number of nitrogens with one attached hydrogen (secondary N) is 1. The van der Waals surface area contributed by atoms with Crippen LogP contribution in [0.1, 0.15) is 43.3 Å². The quantitative estimate of drug-likeness (QED) is 0.800. The van der Waals surface area contributed by atoms with Crippen LogP contribution in [0.15, 0.2) is 30.3 Å². The van der Waals surface area contributed by atoms with Gasteiger partial charge in [-0.05, 0) is 58.4 Å². The van der Waals surface area contributed by atoms with Crippen LogP contribution in [-0.2, 0) is 4.79 Å². The lowest BCUT2D eigenvalue weighted by Crippen LogP contribution is -2.35. The van der Waals surface area contributed by atoms with Crippen LogP contribution in [0.4, 0.5) is 5.69 Å². The molecule has 1 atom stereocenters. The van der Waals surface area contributed by atoms with E-state index in [-0.39, 0.29) is 11.9 Å². The van der Waals surface area contributed by atoms with Crippen molar-refractivity contribution in [2.75, 3.05) is 24.5 Å². The molecule has 0 unspecified atom stereocenters. The summed E-state index contributed by atoms with van der Waals surface area (Å²) < 4.78 is 1.93. The van der Waals surface area contributed by atoms with Gasteiger partial charge in [-0.25, -0.2) is 0 Å². The lowest BCUT2D eigenvalue weighted by Gasteiger charge is -2.24. The summed E-state index contributed by atoms with van der Waals surface area (Å²) in [7, 11) is 0. The Morgan fingerprint density at radius 2 is 2.04 bits per heavy atom. The zero-order valence-corrected chi connectivity index (χ0v) is 16.0. The average Bonchev–Trinajstić information content (AvgIpc) is 2.90. The molecule has 0 spiro atoms. The molecule has 0 radical (unpaired) electrons. The van der Waals surface area contributed by atoms with E-state index in [0.717, 1.165) is 24.5 Å². The molecule has 1 N–H and O–H groups in total. The molecule has 0 saturated carbocycles. The van der Waals surface area contributed by atoms with Crippen molar-refractivity contribution in [3.8, 4) is 0 Å². The van der Waals surface area contributed by atoms with Gasteiger partial charge in [-0.2, -0.15) is 5.10 Å². The fourth-order valence-corrected chi connectivity index (χ4v) is 3.14. The summed E-state index contributed by atoms with van der Waals surface area (Å²) in [5.41, 5.74) is 4.53. The van der Waals surface area contributed by atoms with Crippen LogP contribution in [0.2, 0.25) is 0 Å². The fraction of sp³-hybridized carbons (Fsp3) is 0.500. The molecule has 136 valence electrons. The molecule has 5 heteroatoms. The highest BCUT2D eigenvalue weighted by Crippen LogP contribution is 2.16. The summed E-state index contributed by atoms with van der Waals surface area (Å²) in [4.78, 5) is 14.5. The van der Waals surface area contributed by atoms with Crippen LogP contribution in [-0.4, -0.2) is 35.3 Å². The molecule has 0 fully saturated rings. The molecule has 0 bridgehead atoms. The van der Waals surface area contributed by atoms with E-state index in [1.54, 1.807) is 0 Å². The van der Waals surface area contributed by atoms with Crippen molar-refractivity contribution in [3.05, 3.63) is 47.3 Å². The van der Waals surface area contributed by atoms with Crippen molar-refractivity contribution < 1.29 is 4.79 Å². The highest BCUT2D eigenvalue weighted by Gasteiger charge is 2.14.